The molecule has 4 rings (SSSR count). The number of fused-ring (bicyclic) bond motifs is 3. The number of ether oxygens (including phenoxy) is 1. The van der Waals surface area contributed by atoms with Crippen molar-refractivity contribution < 1.29 is 9.53 Å². The van der Waals surface area contributed by atoms with Crippen molar-refractivity contribution in [3.8, 4) is 11.1 Å². The molecule has 2 aromatic carbocycles. The van der Waals surface area contributed by atoms with E-state index in [1.807, 2.05) is 12.1 Å². The van der Waals surface area contributed by atoms with E-state index >= 15 is 0 Å². The SMILES string of the molecule is Cc1cscc1C=CCCNC(=O)OCC1c2ccccc2-c2ccccc21. The smallest absolute Gasteiger partial charge is 0.407 e. The quantitative estimate of drug-likeness (QED) is 0.525. The van der Waals surface area contributed by atoms with Crippen molar-refractivity contribution in [3.05, 3.63) is 87.6 Å². The van der Waals surface area contributed by atoms with Crippen LogP contribution in [0.3, 0.4) is 0 Å². The zero-order valence-corrected chi connectivity index (χ0v) is 16.7. The third-order valence-electron chi connectivity index (χ3n) is 5.12. The molecular formula is C24H23NO2S. The molecule has 1 aliphatic carbocycles. The number of amides is 1. The van der Waals surface area contributed by atoms with Gasteiger partial charge >= 0.3 is 6.09 Å². The minimum atomic E-state index is -0.359. The Morgan fingerprint density at radius 2 is 1.75 bits per heavy atom. The third-order valence-corrected chi connectivity index (χ3v) is 6.00. The third kappa shape index (κ3) is 3.87. The van der Waals surface area contributed by atoms with E-state index in [1.54, 1.807) is 11.3 Å². The highest BCUT2D eigenvalue weighted by Gasteiger charge is 2.28. The molecule has 0 saturated carbocycles. The highest BCUT2D eigenvalue weighted by molar-refractivity contribution is 7.08. The summed E-state index contributed by atoms with van der Waals surface area (Å²) in [5, 5.41) is 7.10. The van der Waals surface area contributed by atoms with Crippen molar-refractivity contribution in [2.75, 3.05) is 13.2 Å². The number of benzene rings is 2. The van der Waals surface area contributed by atoms with Crippen molar-refractivity contribution >= 4 is 23.5 Å². The van der Waals surface area contributed by atoms with Gasteiger partial charge in [0.25, 0.3) is 0 Å². The van der Waals surface area contributed by atoms with Gasteiger partial charge in [-0.2, -0.15) is 11.3 Å². The van der Waals surface area contributed by atoms with Crippen LogP contribution in [0.25, 0.3) is 17.2 Å². The summed E-state index contributed by atoms with van der Waals surface area (Å²) in [6.45, 7) is 3.02. The lowest BCUT2D eigenvalue weighted by Crippen LogP contribution is -2.26. The largest absolute Gasteiger partial charge is 0.449 e. The fraction of sp³-hybridized carbons (Fsp3) is 0.208. The highest BCUT2D eigenvalue weighted by Crippen LogP contribution is 2.44. The lowest BCUT2D eigenvalue weighted by molar-refractivity contribution is 0.143. The van der Waals surface area contributed by atoms with Gasteiger partial charge in [0, 0.05) is 12.5 Å². The Hall–Kier alpha value is -2.85. The van der Waals surface area contributed by atoms with Gasteiger partial charge in [0.1, 0.15) is 6.61 Å². The summed E-state index contributed by atoms with van der Waals surface area (Å²) < 4.78 is 5.54. The Morgan fingerprint density at radius 1 is 1.07 bits per heavy atom. The lowest BCUT2D eigenvalue weighted by atomic mass is 9.98. The number of hydrogen-bond donors (Lipinski definition) is 1. The number of thiophene rings is 1. The van der Waals surface area contributed by atoms with Crippen LogP contribution in [0.4, 0.5) is 4.79 Å². The summed E-state index contributed by atoms with van der Waals surface area (Å²) in [7, 11) is 0. The second-order valence-electron chi connectivity index (χ2n) is 6.95. The number of carbonyl (C=O) groups is 1. The fourth-order valence-electron chi connectivity index (χ4n) is 3.66. The van der Waals surface area contributed by atoms with Crippen LogP contribution in [0.1, 0.15) is 34.6 Å². The van der Waals surface area contributed by atoms with Gasteiger partial charge < -0.3 is 10.1 Å². The predicted molar refractivity (Wildman–Crippen MR) is 116 cm³/mol. The molecule has 1 amide bonds. The molecule has 0 radical (unpaired) electrons. The fourth-order valence-corrected chi connectivity index (χ4v) is 4.48. The van der Waals surface area contributed by atoms with Crippen molar-refractivity contribution in [3.63, 3.8) is 0 Å². The van der Waals surface area contributed by atoms with Crippen molar-refractivity contribution in [2.45, 2.75) is 19.3 Å². The standard InChI is InChI=1S/C24H23NO2S/c1-17-15-28-16-18(17)8-6-7-13-25-24(26)27-14-23-21-11-4-2-9-19(21)20-10-3-5-12-22(20)23/h2-6,8-12,15-16,23H,7,13-14H2,1H3,(H,25,26). The van der Waals surface area contributed by atoms with E-state index in [9.17, 15) is 4.79 Å². The molecule has 0 saturated heterocycles. The van der Waals surface area contributed by atoms with Gasteiger partial charge in [-0.05, 0) is 57.5 Å². The van der Waals surface area contributed by atoms with Crippen LogP contribution < -0.4 is 5.32 Å². The lowest BCUT2D eigenvalue weighted by Gasteiger charge is -2.14. The maximum Gasteiger partial charge on any atom is 0.407 e. The summed E-state index contributed by atoms with van der Waals surface area (Å²) in [6, 6.07) is 16.7. The molecule has 1 aliphatic rings. The van der Waals surface area contributed by atoms with Crippen molar-refractivity contribution in [1.82, 2.24) is 5.32 Å². The van der Waals surface area contributed by atoms with Crippen LogP contribution >= 0.6 is 11.3 Å². The summed E-state index contributed by atoms with van der Waals surface area (Å²) in [4.78, 5) is 12.1. The Balaban J connectivity index is 1.29. The first-order chi connectivity index (χ1) is 13.7. The average Bonchev–Trinajstić information content (AvgIpc) is 3.27. The van der Waals surface area contributed by atoms with E-state index < -0.39 is 0 Å². The second kappa shape index (κ2) is 8.44. The van der Waals surface area contributed by atoms with Crippen LogP contribution in [0.5, 0.6) is 0 Å². The molecule has 28 heavy (non-hydrogen) atoms. The Morgan fingerprint density at radius 3 is 2.39 bits per heavy atom. The number of aryl methyl sites for hydroxylation is 1. The zero-order chi connectivity index (χ0) is 19.3. The predicted octanol–water partition coefficient (Wildman–Crippen LogP) is 6.00. The Labute approximate surface area is 169 Å². The number of rotatable bonds is 6. The van der Waals surface area contributed by atoms with Crippen molar-refractivity contribution in [1.29, 1.82) is 0 Å². The molecule has 142 valence electrons. The molecule has 0 fully saturated rings. The second-order valence-corrected chi connectivity index (χ2v) is 7.70. The van der Waals surface area contributed by atoms with E-state index in [4.69, 9.17) is 4.74 Å². The number of hydrogen-bond acceptors (Lipinski definition) is 3. The molecule has 3 aromatic rings. The summed E-state index contributed by atoms with van der Waals surface area (Å²) in [6.07, 6.45) is 4.60. The van der Waals surface area contributed by atoms with Gasteiger partial charge in [-0.1, -0.05) is 60.7 Å². The molecule has 0 aliphatic heterocycles. The van der Waals surface area contributed by atoms with E-state index in [-0.39, 0.29) is 12.0 Å². The Kier molecular flexibility index (Phi) is 5.58. The number of alkyl carbamates (subject to hydrolysis) is 1. The van der Waals surface area contributed by atoms with Gasteiger partial charge in [-0.15, -0.1) is 0 Å². The molecule has 1 heterocycles. The van der Waals surface area contributed by atoms with E-state index in [0.717, 1.165) is 6.42 Å². The van der Waals surface area contributed by atoms with Crippen LogP contribution in [0, 0.1) is 6.92 Å². The molecule has 1 aromatic heterocycles. The Bertz CT molecular complexity index is 960. The number of carbonyl (C=O) groups excluding carboxylic acids is 1. The van der Waals surface area contributed by atoms with Crippen LogP contribution in [-0.4, -0.2) is 19.2 Å². The minimum absolute atomic E-state index is 0.0969. The van der Waals surface area contributed by atoms with Gasteiger partial charge in [0.15, 0.2) is 0 Å². The molecule has 0 unspecified atom stereocenters. The van der Waals surface area contributed by atoms with Gasteiger partial charge in [0.05, 0.1) is 0 Å². The zero-order valence-electron chi connectivity index (χ0n) is 15.9. The van der Waals surface area contributed by atoms with Crippen LogP contribution in [-0.2, 0) is 4.74 Å². The van der Waals surface area contributed by atoms with Crippen LogP contribution in [0.2, 0.25) is 0 Å². The topological polar surface area (TPSA) is 38.3 Å². The first kappa shape index (κ1) is 18.5. The molecule has 3 nitrogen and oxygen atoms in total. The molecule has 4 heteroatoms. The maximum atomic E-state index is 12.1. The van der Waals surface area contributed by atoms with E-state index in [1.165, 1.54) is 33.4 Å². The summed E-state index contributed by atoms with van der Waals surface area (Å²) in [5.74, 6) is 0.0969. The number of nitrogens with one attached hydrogen (secondary N) is 1. The van der Waals surface area contributed by atoms with Gasteiger partial charge in [-0.25, -0.2) is 4.79 Å². The maximum absolute atomic E-state index is 12.1. The average molecular weight is 390 g/mol. The first-order valence-electron chi connectivity index (χ1n) is 9.52. The monoisotopic (exact) mass is 389 g/mol. The van der Waals surface area contributed by atoms with Crippen molar-refractivity contribution in [2.24, 2.45) is 0 Å². The van der Waals surface area contributed by atoms with Crippen LogP contribution in [0.15, 0.2) is 65.4 Å². The van der Waals surface area contributed by atoms with Gasteiger partial charge in [0.2, 0.25) is 0 Å². The molecule has 0 spiro atoms. The minimum Gasteiger partial charge on any atom is -0.449 e. The first-order valence-corrected chi connectivity index (χ1v) is 10.5. The van der Waals surface area contributed by atoms with E-state index in [2.05, 4.69) is 71.6 Å². The highest BCUT2D eigenvalue weighted by atomic mass is 32.1. The molecule has 0 bridgehead atoms. The summed E-state index contributed by atoms with van der Waals surface area (Å²) in [5.41, 5.74) is 7.45. The summed E-state index contributed by atoms with van der Waals surface area (Å²) >= 11 is 1.70. The van der Waals surface area contributed by atoms with E-state index in [0.29, 0.717) is 13.2 Å². The van der Waals surface area contributed by atoms with Gasteiger partial charge in [-0.3, -0.25) is 0 Å². The normalized spacial score (nSPS) is 12.8. The molecule has 0 atom stereocenters. The molecular weight excluding hydrogens is 366 g/mol. The molecule has 1 N–H and O–H groups in total.